The van der Waals surface area contributed by atoms with Gasteiger partial charge in [-0.2, -0.15) is 0 Å². The number of amides is 2. The van der Waals surface area contributed by atoms with Gasteiger partial charge in [0.05, 0.1) is 6.10 Å². The molecule has 0 aromatic heterocycles. The van der Waals surface area contributed by atoms with Crippen molar-refractivity contribution in [2.75, 3.05) is 13.2 Å². The average Bonchev–Trinajstić information content (AvgIpc) is 2.43. The first-order chi connectivity index (χ1) is 10.7. The molecule has 0 fully saturated rings. The van der Waals surface area contributed by atoms with E-state index in [1.165, 1.54) is 0 Å². The Balaban J connectivity index is 2.56. The fourth-order valence-corrected chi connectivity index (χ4v) is 2.12. The summed E-state index contributed by atoms with van der Waals surface area (Å²) in [6, 6.07) is 5.75. The Morgan fingerprint density at radius 2 is 2.00 bits per heavy atom. The van der Waals surface area contributed by atoms with Crippen LogP contribution >= 0.6 is 0 Å². The predicted molar refractivity (Wildman–Crippen MR) is 92.7 cm³/mol. The summed E-state index contributed by atoms with van der Waals surface area (Å²) in [6.07, 6.45) is 0.737. The van der Waals surface area contributed by atoms with Crippen molar-refractivity contribution in [3.05, 3.63) is 29.3 Å². The number of carbonyl (C=O) groups excluding carboxylic acids is 1. The lowest BCUT2D eigenvalue weighted by Gasteiger charge is -2.24. The number of hydrogen-bond donors (Lipinski definition) is 3. The van der Waals surface area contributed by atoms with E-state index < -0.39 is 0 Å². The van der Waals surface area contributed by atoms with Gasteiger partial charge in [-0.05, 0) is 44.2 Å². The van der Waals surface area contributed by atoms with Gasteiger partial charge in [0.25, 0.3) is 0 Å². The monoisotopic (exact) mass is 322 g/mol. The van der Waals surface area contributed by atoms with Gasteiger partial charge in [0.15, 0.2) is 0 Å². The number of urea groups is 1. The van der Waals surface area contributed by atoms with Crippen LogP contribution in [0.25, 0.3) is 0 Å². The molecule has 2 amide bonds. The second kappa shape index (κ2) is 8.77. The van der Waals surface area contributed by atoms with Gasteiger partial charge in [0.2, 0.25) is 0 Å². The minimum Gasteiger partial charge on any atom is -0.491 e. The highest BCUT2D eigenvalue weighted by atomic mass is 16.5. The normalized spacial score (nSPS) is 11.4. The molecule has 0 heterocycles. The molecule has 1 rings (SSSR count). The fraction of sp³-hybridized carbons (Fsp3) is 0.611. The third kappa shape index (κ3) is 7.37. The van der Waals surface area contributed by atoms with E-state index >= 15 is 0 Å². The van der Waals surface area contributed by atoms with Crippen molar-refractivity contribution in [1.82, 2.24) is 10.6 Å². The number of aliphatic hydroxyl groups excluding tert-OH is 1. The van der Waals surface area contributed by atoms with E-state index in [1.54, 1.807) is 0 Å². The maximum Gasteiger partial charge on any atom is 0.315 e. The largest absolute Gasteiger partial charge is 0.491 e. The Morgan fingerprint density at radius 3 is 2.61 bits per heavy atom. The van der Waals surface area contributed by atoms with Crippen LogP contribution in [0.2, 0.25) is 0 Å². The first kappa shape index (κ1) is 19.3. The number of aliphatic hydroxyl groups is 1. The zero-order chi connectivity index (χ0) is 17.5. The van der Waals surface area contributed by atoms with Crippen molar-refractivity contribution in [2.24, 2.45) is 5.41 Å². The van der Waals surface area contributed by atoms with Crippen molar-refractivity contribution in [1.29, 1.82) is 0 Å². The summed E-state index contributed by atoms with van der Waals surface area (Å²) in [7, 11) is 0. The highest BCUT2D eigenvalue weighted by Gasteiger charge is 2.18. The third-order valence-electron chi connectivity index (χ3n) is 3.54. The molecule has 130 valence electrons. The number of benzene rings is 1. The lowest BCUT2D eigenvalue weighted by Crippen LogP contribution is -2.40. The van der Waals surface area contributed by atoms with Crippen LogP contribution in [0.1, 0.15) is 45.2 Å². The second-order valence-electron chi connectivity index (χ2n) is 6.95. The molecule has 0 saturated heterocycles. The summed E-state index contributed by atoms with van der Waals surface area (Å²) in [5.41, 5.74) is 1.95. The molecule has 0 unspecified atom stereocenters. The first-order valence-electron chi connectivity index (χ1n) is 8.12. The van der Waals surface area contributed by atoms with E-state index in [4.69, 9.17) is 9.84 Å². The lowest BCUT2D eigenvalue weighted by atomic mass is 9.90. The molecule has 0 aliphatic heterocycles. The van der Waals surface area contributed by atoms with Crippen LogP contribution in [0, 0.1) is 12.3 Å². The Bertz CT molecular complexity index is 513. The molecule has 0 aliphatic rings. The molecule has 0 saturated carbocycles. The van der Waals surface area contributed by atoms with Crippen molar-refractivity contribution in [2.45, 2.75) is 53.7 Å². The van der Waals surface area contributed by atoms with E-state index in [9.17, 15) is 4.79 Å². The quantitative estimate of drug-likeness (QED) is 0.689. The highest BCUT2D eigenvalue weighted by Crippen LogP contribution is 2.21. The maximum atomic E-state index is 11.9. The van der Waals surface area contributed by atoms with Crippen LogP contribution < -0.4 is 15.4 Å². The highest BCUT2D eigenvalue weighted by molar-refractivity contribution is 5.73. The van der Waals surface area contributed by atoms with Crippen molar-refractivity contribution < 1.29 is 14.6 Å². The Morgan fingerprint density at radius 1 is 1.30 bits per heavy atom. The number of ether oxygens (including phenoxy) is 1. The fourth-order valence-electron chi connectivity index (χ4n) is 2.12. The summed E-state index contributed by atoms with van der Waals surface area (Å²) < 4.78 is 5.81. The Labute approximate surface area is 139 Å². The van der Waals surface area contributed by atoms with Gasteiger partial charge < -0.3 is 20.5 Å². The molecule has 5 heteroatoms. The third-order valence-corrected chi connectivity index (χ3v) is 3.54. The van der Waals surface area contributed by atoms with Crippen molar-refractivity contribution in [3.8, 4) is 5.75 Å². The smallest absolute Gasteiger partial charge is 0.315 e. The molecule has 3 N–H and O–H groups in total. The van der Waals surface area contributed by atoms with Crippen LogP contribution in [0.5, 0.6) is 5.75 Å². The standard InChI is InChI=1S/C18H30N2O3/c1-13(2)23-16-10-14(3)6-7-15(16)11-19-17(22)20-12-18(4,5)8-9-21/h6-7,10,13,21H,8-9,11-12H2,1-5H3,(H2,19,20,22). The molecule has 0 atom stereocenters. The lowest BCUT2D eigenvalue weighted by molar-refractivity contribution is 0.201. The molecule has 23 heavy (non-hydrogen) atoms. The molecule has 0 spiro atoms. The zero-order valence-corrected chi connectivity index (χ0v) is 14.9. The summed E-state index contributed by atoms with van der Waals surface area (Å²) in [4.78, 5) is 11.9. The van der Waals surface area contributed by atoms with E-state index in [2.05, 4.69) is 10.6 Å². The van der Waals surface area contributed by atoms with E-state index in [0.29, 0.717) is 19.5 Å². The number of nitrogens with one attached hydrogen (secondary N) is 2. The van der Waals surface area contributed by atoms with Gasteiger partial charge in [-0.1, -0.05) is 26.0 Å². The minimum absolute atomic E-state index is 0.0867. The van der Waals surface area contributed by atoms with E-state index in [1.807, 2.05) is 52.8 Å². The SMILES string of the molecule is Cc1ccc(CNC(=O)NCC(C)(C)CCO)c(OC(C)C)c1. The molecular formula is C18H30N2O3. The Kier molecular flexibility index (Phi) is 7.36. The Hall–Kier alpha value is -1.75. The van der Waals surface area contributed by atoms with Gasteiger partial charge in [0, 0.05) is 25.3 Å². The number of rotatable bonds is 8. The van der Waals surface area contributed by atoms with Gasteiger partial charge in [-0.3, -0.25) is 0 Å². The molecule has 1 aromatic carbocycles. The van der Waals surface area contributed by atoms with Crippen LogP contribution in [0.4, 0.5) is 4.79 Å². The van der Waals surface area contributed by atoms with E-state index in [0.717, 1.165) is 16.9 Å². The molecule has 1 aromatic rings. The predicted octanol–water partition coefficient (Wildman–Crippen LogP) is 2.99. The van der Waals surface area contributed by atoms with Gasteiger partial charge in [-0.25, -0.2) is 4.79 Å². The van der Waals surface area contributed by atoms with Crippen molar-refractivity contribution >= 4 is 6.03 Å². The maximum absolute atomic E-state index is 11.9. The topological polar surface area (TPSA) is 70.6 Å². The summed E-state index contributed by atoms with van der Waals surface area (Å²) >= 11 is 0. The zero-order valence-electron chi connectivity index (χ0n) is 14.9. The summed E-state index contributed by atoms with van der Waals surface area (Å²) in [6.45, 7) is 11.0. The van der Waals surface area contributed by atoms with Crippen LogP contribution in [-0.4, -0.2) is 30.4 Å². The van der Waals surface area contributed by atoms with Crippen molar-refractivity contribution in [3.63, 3.8) is 0 Å². The number of aryl methyl sites for hydroxylation is 1. The number of carbonyl (C=O) groups is 1. The average molecular weight is 322 g/mol. The van der Waals surface area contributed by atoms with Crippen LogP contribution in [0.3, 0.4) is 0 Å². The molecule has 5 nitrogen and oxygen atoms in total. The van der Waals surface area contributed by atoms with Gasteiger partial charge in [0.1, 0.15) is 5.75 Å². The van der Waals surface area contributed by atoms with Crippen LogP contribution in [-0.2, 0) is 6.54 Å². The molecule has 0 bridgehead atoms. The minimum atomic E-state index is -0.216. The summed E-state index contributed by atoms with van der Waals surface area (Å²) in [5, 5.41) is 14.7. The summed E-state index contributed by atoms with van der Waals surface area (Å²) in [5.74, 6) is 0.806. The van der Waals surface area contributed by atoms with Gasteiger partial charge in [-0.15, -0.1) is 0 Å². The first-order valence-corrected chi connectivity index (χ1v) is 8.12. The molecular weight excluding hydrogens is 292 g/mol. The number of hydrogen-bond acceptors (Lipinski definition) is 3. The molecule has 0 radical (unpaired) electrons. The second-order valence-corrected chi connectivity index (χ2v) is 6.95. The van der Waals surface area contributed by atoms with Gasteiger partial charge >= 0.3 is 6.03 Å². The van der Waals surface area contributed by atoms with Crippen LogP contribution in [0.15, 0.2) is 18.2 Å². The van der Waals surface area contributed by atoms with E-state index in [-0.39, 0.29) is 24.2 Å². The molecule has 0 aliphatic carbocycles.